The number of carbonyl (C=O) groups excluding carboxylic acids is 1. The van der Waals surface area contributed by atoms with E-state index in [0.29, 0.717) is 16.6 Å². The number of hydrogen-bond acceptors (Lipinski definition) is 4. The topological polar surface area (TPSA) is 56.1 Å². The molecule has 0 bridgehead atoms. The summed E-state index contributed by atoms with van der Waals surface area (Å²) in [6.07, 6.45) is 3.58. The second kappa shape index (κ2) is 8.52. The Bertz CT molecular complexity index is 982. The molecule has 28 heavy (non-hydrogen) atoms. The molecule has 8 heteroatoms. The van der Waals surface area contributed by atoms with E-state index in [1.54, 1.807) is 16.8 Å². The van der Waals surface area contributed by atoms with E-state index in [-0.39, 0.29) is 12.4 Å². The molecule has 2 heterocycles. The summed E-state index contributed by atoms with van der Waals surface area (Å²) in [6, 6.07) is 5.18. The van der Waals surface area contributed by atoms with Crippen molar-refractivity contribution in [1.82, 2.24) is 9.55 Å². The summed E-state index contributed by atoms with van der Waals surface area (Å²) < 4.78 is 34.3. The summed E-state index contributed by atoms with van der Waals surface area (Å²) in [7, 11) is 0. The summed E-state index contributed by atoms with van der Waals surface area (Å²) in [5, 5.41) is 3.02. The first-order chi connectivity index (χ1) is 13.3. The molecule has 0 aliphatic carbocycles. The third-order valence-electron chi connectivity index (χ3n) is 3.94. The third kappa shape index (κ3) is 5.16. The van der Waals surface area contributed by atoms with Crippen LogP contribution in [-0.2, 0) is 13.0 Å². The number of anilines is 1. The molecule has 2 aromatic heterocycles. The van der Waals surface area contributed by atoms with Crippen molar-refractivity contribution in [2.24, 2.45) is 5.92 Å². The number of amides is 1. The van der Waals surface area contributed by atoms with Gasteiger partial charge in [0.1, 0.15) is 11.6 Å². The molecule has 148 valence electrons. The first kappa shape index (κ1) is 20.0. The minimum Gasteiger partial charge on any atom is -0.393 e. The van der Waals surface area contributed by atoms with E-state index in [4.69, 9.17) is 4.74 Å². The number of carbonyl (C=O) groups is 1. The SMILES string of the molecule is Cc1cnc(NC(=O)Oc2cc(CC(C)C)cn2Cc2ccc(F)cc2F)s1. The zero-order chi connectivity index (χ0) is 20.3. The molecule has 0 atom stereocenters. The maximum atomic E-state index is 14.1. The maximum absolute atomic E-state index is 14.1. The van der Waals surface area contributed by atoms with Crippen LogP contribution < -0.4 is 10.1 Å². The van der Waals surface area contributed by atoms with Crippen LogP contribution in [0.3, 0.4) is 0 Å². The highest BCUT2D eigenvalue weighted by atomic mass is 32.1. The fourth-order valence-electron chi connectivity index (χ4n) is 2.79. The number of benzene rings is 1. The van der Waals surface area contributed by atoms with Gasteiger partial charge in [0.05, 0.1) is 6.54 Å². The van der Waals surface area contributed by atoms with E-state index < -0.39 is 17.7 Å². The zero-order valence-electron chi connectivity index (χ0n) is 15.8. The molecule has 0 spiro atoms. The van der Waals surface area contributed by atoms with Gasteiger partial charge in [0.2, 0.25) is 5.88 Å². The second-order valence-corrected chi connectivity index (χ2v) is 8.17. The van der Waals surface area contributed by atoms with Crippen molar-refractivity contribution in [2.45, 2.75) is 33.7 Å². The number of ether oxygens (including phenoxy) is 1. The van der Waals surface area contributed by atoms with Gasteiger partial charge in [-0.2, -0.15) is 0 Å². The fraction of sp³-hybridized carbons (Fsp3) is 0.300. The van der Waals surface area contributed by atoms with Gasteiger partial charge < -0.3 is 9.30 Å². The Morgan fingerprint density at radius 3 is 2.75 bits per heavy atom. The van der Waals surface area contributed by atoms with Gasteiger partial charge in [0.15, 0.2) is 5.13 Å². The quantitative estimate of drug-likeness (QED) is 0.598. The molecule has 0 unspecified atom stereocenters. The van der Waals surface area contributed by atoms with Crippen molar-refractivity contribution < 1.29 is 18.3 Å². The van der Waals surface area contributed by atoms with Crippen LogP contribution in [0.5, 0.6) is 5.88 Å². The van der Waals surface area contributed by atoms with E-state index in [9.17, 15) is 13.6 Å². The predicted octanol–water partition coefficient (Wildman–Crippen LogP) is 5.39. The summed E-state index contributed by atoms with van der Waals surface area (Å²) in [5.74, 6) is -0.597. The minimum absolute atomic E-state index is 0.114. The normalized spacial score (nSPS) is 11.1. The number of rotatable bonds is 6. The highest BCUT2D eigenvalue weighted by Crippen LogP contribution is 2.23. The molecule has 0 aliphatic heterocycles. The fourth-order valence-corrected chi connectivity index (χ4v) is 3.44. The first-order valence-electron chi connectivity index (χ1n) is 8.84. The average Bonchev–Trinajstić information content (AvgIpc) is 3.15. The van der Waals surface area contributed by atoms with E-state index in [1.165, 1.54) is 23.5 Å². The van der Waals surface area contributed by atoms with Crippen LogP contribution in [0.1, 0.15) is 29.9 Å². The highest BCUT2D eigenvalue weighted by molar-refractivity contribution is 7.15. The summed E-state index contributed by atoms with van der Waals surface area (Å²) >= 11 is 1.34. The van der Waals surface area contributed by atoms with Gasteiger partial charge in [0.25, 0.3) is 0 Å². The Hall–Kier alpha value is -2.74. The number of halogens is 2. The van der Waals surface area contributed by atoms with Crippen molar-refractivity contribution >= 4 is 22.6 Å². The molecule has 0 radical (unpaired) electrons. The number of nitrogens with zero attached hydrogens (tertiary/aromatic N) is 2. The number of nitrogens with one attached hydrogen (secondary N) is 1. The molecule has 3 aromatic rings. The molecular formula is C20H21F2N3O2S. The van der Waals surface area contributed by atoms with Crippen LogP contribution in [0.15, 0.2) is 36.7 Å². The predicted molar refractivity (Wildman–Crippen MR) is 105 cm³/mol. The smallest absolute Gasteiger partial charge is 0.393 e. The van der Waals surface area contributed by atoms with Crippen molar-refractivity contribution in [2.75, 3.05) is 5.32 Å². The number of hydrogen-bond donors (Lipinski definition) is 1. The first-order valence-corrected chi connectivity index (χ1v) is 9.66. The van der Waals surface area contributed by atoms with Crippen LogP contribution >= 0.6 is 11.3 Å². The Kier molecular flexibility index (Phi) is 6.08. The van der Waals surface area contributed by atoms with Crippen LogP contribution in [0.25, 0.3) is 0 Å². The van der Waals surface area contributed by atoms with Gasteiger partial charge in [0, 0.05) is 35.0 Å². The van der Waals surface area contributed by atoms with Crippen molar-refractivity contribution in [3.05, 3.63) is 64.3 Å². The number of aryl methyl sites for hydroxylation is 1. The monoisotopic (exact) mass is 405 g/mol. The van der Waals surface area contributed by atoms with E-state index in [1.807, 2.05) is 13.1 Å². The molecule has 1 aromatic carbocycles. The number of thiazole rings is 1. The molecule has 3 rings (SSSR count). The molecule has 0 fully saturated rings. The lowest BCUT2D eigenvalue weighted by Crippen LogP contribution is -2.18. The van der Waals surface area contributed by atoms with E-state index >= 15 is 0 Å². The van der Waals surface area contributed by atoms with Crippen LogP contribution in [-0.4, -0.2) is 15.6 Å². The average molecular weight is 405 g/mol. The zero-order valence-corrected chi connectivity index (χ0v) is 16.6. The molecule has 0 saturated carbocycles. The molecule has 0 saturated heterocycles. The van der Waals surface area contributed by atoms with Crippen LogP contribution in [0.2, 0.25) is 0 Å². The molecule has 1 amide bonds. The highest BCUT2D eigenvalue weighted by Gasteiger charge is 2.15. The lowest BCUT2D eigenvalue weighted by Gasteiger charge is -2.10. The van der Waals surface area contributed by atoms with Gasteiger partial charge in [-0.1, -0.05) is 19.9 Å². The number of aromatic nitrogens is 2. The summed E-state index contributed by atoms with van der Waals surface area (Å²) in [6.45, 7) is 6.15. The molecular weight excluding hydrogens is 384 g/mol. The van der Waals surface area contributed by atoms with Gasteiger partial charge in [-0.15, -0.1) is 11.3 Å². The van der Waals surface area contributed by atoms with Gasteiger partial charge in [-0.25, -0.2) is 18.6 Å². The van der Waals surface area contributed by atoms with Gasteiger partial charge in [-0.3, -0.25) is 5.32 Å². The minimum atomic E-state index is -0.677. The Morgan fingerprint density at radius 1 is 1.32 bits per heavy atom. The maximum Gasteiger partial charge on any atom is 0.420 e. The lowest BCUT2D eigenvalue weighted by atomic mass is 10.1. The molecule has 5 nitrogen and oxygen atoms in total. The van der Waals surface area contributed by atoms with Crippen molar-refractivity contribution in [3.63, 3.8) is 0 Å². The Morgan fingerprint density at radius 2 is 2.11 bits per heavy atom. The van der Waals surface area contributed by atoms with Crippen LogP contribution in [0.4, 0.5) is 18.7 Å². The molecule has 0 aliphatic rings. The van der Waals surface area contributed by atoms with Gasteiger partial charge in [-0.05, 0) is 30.9 Å². The van der Waals surface area contributed by atoms with Crippen molar-refractivity contribution in [3.8, 4) is 5.88 Å². The van der Waals surface area contributed by atoms with E-state index in [2.05, 4.69) is 24.1 Å². The summed E-state index contributed by atoms with van der Waals surface area (Å²) in [4.78, 5) is 17.3. The summed E-state index contributed by atoms with van der Waals surface area (Å²) in [5.41, 5.74) is 1.26. The van der Waals surface area contributed by atoms with Gasteiger partial charge >= 0.3 is 6.09 Å². The van der Waals surface area contributed by atoms with Crippen LogP contribution in [0, 0.1) is 24.5 Å². The Labute approximate surface area is 166 Å². The largest absolute Gasteiger partial charge is 0.420 e. The van der Waals surface area contributed by atoms with E-state index in [0.717, 1.165) is 22.9 Å². The second-order valence-electron chi connectivity index (χ2n) is 6.94. The standard InChI is InChI=1S/C20H21F2N3O2S/c1-12(2)6-14-7-18(27-20(26)24-19-23-9-13(3)28-19)25(10-14)11-15-4-5-16(21)8-17(15)22/h4-5,7-10,12H,6,11H2,1-3H3,(H,23,24,26). The molecule has 1 N–H and O–H groups in total. The third-order valence-corrected chi connectivity index (χ3v) is 4.77. The lowest BCUT2D eigenvalue weighted by molar-refractivity contribution is 0.211. The Balaban J connectivity index is 1.81. The van der Waals surface area contributed by atoms with Crippen molar-refractivity contribution in [1.29, 1.82) is 0 Å².